The van der Waals surface area contributed by atoms with Crippen molar-refractivity contribution in [3.8, 4) is 0 Å². The number of carbonyl (C=O) groups is 1. The number of hydrogen-bond donors (Lipinski definition) is 2. The second-order valence-electron chi connectivity index (χ2n) is 4.75. The molecule has 0 aromatic heterocycles. The Morgan fingerprint density at radius 3 is 2.50 bits per heavy atom. The van der Waals surface area contributed by atoms with Crippen LogP contribution in [-0.4, -0.2) is 24.7 Å². The lowest BCUT2D eigenvalue weighted by Gasteiger charge is -2.33. The van der Waals surface area contributed by atoms with Crippen molar-refractivity contribution in [1.82, 2.24) is 0 Å². The predicted molar refractivity (Wildman–Crippen MR) is 73.3 cm³/mol. The molecule has 0 bridgehead atoms. The van der Waals surface area contributed by atoms with Crippen molar-refractivity contribution in [2.45, 2.75) is 26.3 Å². The fraction of sp³-hybridized carbons (Fsp3) is 0.500. The van der Waals surface area contributed by atoms with Crippen molar-refractivity contribution >= 4 is 11.7 Å². The molecule has 1 atom stereocenters. The average molecular weight is 250 g/mol. The highest BCUT2D eigenvalue weighted by atomic mass is 16.5. The molecule has 1 aromatic rings. The Morgan fingerprint density at radius 2 is 2.00 bits per heavy atom. The van der Waals surface area contributed by atoms with Gasteiger partial charge in [0.25, 0.3) is 0 Å². The molecular formula is C14H22N2O2. The number of hydrogen-bond acceptors (Lipinski definition) is 4. The zero-order valence-corrected chi connectivity index (χ0v) is 11.3. The average Bonchev–Trinajstić information content (AvgIpc) is 2.30. The summed E-state index contributed by atoms with van der Waals surface area (Å²) in [6, 6.07) is 9.76. The third-order valence-electron chi connectivity index (χ3n) is 2.92. The Hall–Kier alpha value is -1.55. The predicted octanol–water partition coefficient (Wildman–Crippen LogP) is 2.02. The van der Waals surface area contributed by atoms with E-state index in [0.717, 1.165) is 5.69 Å². The molecule has 0 radical (unpaired) electrons. The molecule has 0 fully saturated rings. The van der Waals surface area contributed by atoms with Crippen LogP contribution in [-0.2, 0) is 9.53 Å². The summed E-state index contributed by atoms with van der Waals surface area (Å²) in [6.07, 6.45) is 0. The number of nitrogens with two attached hydrogens (primary N) is 1. The summed E-state index contributed by atoms with van der Waals surface area (Å²) in [5, 5.41) is 3.33. The molecule has 0 saturated carbocycles. The van der Waals surface area contributed by atoms with Crippen LogP contribution >= 0.6 is 0 Å². The number of nitrogens with one attached hydrogen (secondary N) is 1. The van der Waals surface area contributed by atoms with Gasteiger partial charge in [-0.25, -0.2) is 0 Å². The lowest BCUT2D eigenvalue weighted by molar-refractivity contribution is -0.149. The minimum absolute atomic E-state index is 0.256. The molecule has 0 aliphatic rings. The largest absolute Gasteiger partial charge is 0.466 e. The summed E-state index contributed by atoms with van der Waals surface area (Å²) in [7, 11) is 0. The summed E-state index contributed by atoms with van der Waals surface area (Å²) in [5.41, 5.74) is 6.21. The number of ether oxygens (including phenoxy) is 1. The van der Waals surface area contributed by atoms with Crippen molar-refractivity contribution in [2.24, 2.45) is 11.7 Å². The molecule has 3 N–H and O–H groups in total. The van der Waals surface area contributed by atoms with E-state index >= 15 is 0 Å². The highest BCUT2D eigenvalue weighted by molar-refractivity contribution is 5.75. The van der Waals surface area contributed by atoms with Gasteiger partial charge in [-0.05, 0) is 32.9 Å². The summed E-state index contributed by atoms with van der Waals surface area (Å²) < 4.78 is 5.06. The maximum Gasteiger partial charge on any atom is 0.312 e. The van der Waals surface area contributed by atoms with Gasteiger partial charge in [-0.3, -0.25) is 4.79 Å². The number of benzene rings is 1. The molecule has 18 heavy (non-hydrogen) atoms. The van der Waals surface area contributed by atoms with E-state index in [0.29, 0.717) is 6.61 Å². The fourth-order valence-corrected chi connectivity index (χ4v) is 1.91. The van der Waals surface area contributed by atoms with E-state index in [1.807, 2.05) is 44.2 Å². The molecular weight excluding hydrogens is 228 g/mol. The first kappa shape index (κ1) is 14.5. The molecule has 0 unspecified atom stereocenters. The zero-order chi connectivity index (χ0) is 13.6. The zero-order valence-electron chi connectivity index (χ0n) is 11.3. The second-order valence-corrected chi connectivity index (χ2v) is 4.75. The van der Waals surface area contributed by atoms with Gasteiger partial charge in [-0.1, -0.05) is 18.2 Å². The van der Waals surface area contributed by atoms with Crippen LogP contribution in [0.5, 0.6) is 0 Å². The first-order chi connectivity index (χ1) is 8.51. The normalized spacial score (nSPS) is 12.9. The smallest absolute Gasteiger partial charge is 0.312 e. The lowest BCUT2D eigenvalue weighted by atomic mass is 9.87. The van der Waals surface area contributed by atoms with Crippen LogP contribution in [0.2, 0.25) is 0 Å². The Kier molecular flexibility index (Phi) is 5.16. The minimum Gasteiger partial charge on any atom is -0.466 e. The van der Waals surface area contributed by atoms with Gasteiger partial charge in [-0.2, -0.15) is 0 Å². The topological polar surface area (TPSA) is 64.3 Å². The molecule has 1 rings (SSSR count). The van der Waals surface area contributed by atoms with Crippen molar-refractivity contribution in [3.63, 3.8) is 0 Å². The summed E-state index contributed by atoms with van der Waals surface area (Å²) in [4.78, 5) is 11.9. The number of esters is 1. The van der Waals surface area contributed by atoms with Gasteiger partial charge in [0, 0.05) is 17.8 Å². The van der Waals surface area contributed by atoms with E-state index in [1.165, 1.54) is 0 Å². The molecule has 4 nitrogen and oxygen atoms in total. The maximum absolute atomic E-state index is 11.9. The summed E-state index contributed by atoms with van der Waals surface area (Å²) in [5.74, 6) is -0.633. The number of rotatable bonds is 6. The number of para-hydroxylation sites is 1. The van der Waals surface area contributed by atoms with Gasteiger partial charge in [0.1, 0.15) is 0 Å². The molecule has 0 heterocycles. The SMILES string of the molecule is CCOC(=O)[C@@H](CN)C(C)(C)Nc1ccccc1. The van der Waals surface area contributed by atoms with Gasteiger partial charge in [0.15, 0.2) is 0 Å². The van der Waals surface area contributed by atoms with E-state index in [4.69, 9.17) is 10.5 Å². The Bertz CT molecular complexity index is 377. The third-order valence-corrected chi connectivity index (χ3v) is 2.92. The van der Waals surface area contributed by atoms with Crippen molar-refractivity contribution in [2.75, 3.05) is 18.5 Å². The first-order valence-electron chi connectivity index (χ1n) is 6.21. The van der Waals surface area contributed by atoms with E-state index in [2.05, 4.69) is 5.32 Å². The summed E-state index contributed by atoms with van der Waals surface area (Å²) >= 11 is 0. The van der Waals surface area contributed by atoms with E-state index < -0.39 is 5.54 Å². The fourth-order valence-electron chi connectivity index (χ4n) is 1.91. The number of anilines is 1. The monoisotopic (exact) mass is 250 g/mol. The molecule has 100 valence electrons. The van der Waals surface area contributed by atoms with E-state index in [1.54, 1.807) is 6.92 Å². The maximum atomic E-state index is 11.9. The van der Waals surface area contributed by atoms with Gasteiger partial charge >= 0.3 is 5.97 Å². The van der Waals surface area contributed by atoms with Gasteiger partial charge < -0.3 is 15.8 Å². The lowest BCUT2D eigenvalue weighted by Crippen LogP contribution is -2.48. The van der Waals surface area contributed by atoms with Crippen LogP contribution < -0.4 is 11.1 Å². The Labute approximate surface area is 109 Å². The third kappa shape index (κ3) is 3.74. The molecule has 0 saturated heterocycles. The van der Waals surface area contributed by atoms with Crippen LogP contribution in [0.15, 0.2) is 30.3 Å². The first-order valence-corrected chi connectivity index (χ1v) is 6.21. The molecule has 0 aliphatic heterocycles. The van der Waals surface area contributed by atoms with Gasteiger partial charge in [0.05, 0.1) is 12.5 Å². The molecule has 0 spiro atoms. The molecule has 0 amide bonds. The van der Waals surface area contributed by atoms with Crippen LogP contribution in [0, 0.1) is 5.92 Å². The molecule has 1 aromatic carbocycles. The standard InChI is InChI=1S/C14H22N2O2/c1-4-18-13(17)12(10-15)14(2,3)16-11-8-6-5-7-9-11/h5-9,12,16H,4,10,15H2,1-3H3/t12-/m1/s1. The van der Waals surface area contributed by atoms with Crippen LogP contribution in [0.3, 0.4) is 0 Å². The van der Waals surface area contributed by atoms with Crippen LogP contribution in [0.4, 0.5) is 5.69 Å². The second kappa shape index (κ2) is 6.40. The highest BCUT2D eigenvalue weighted by Gasteiger charge is 2.35. The Balaban J connectivity index is 2.79. The van der Waals surface area contributed by atoms with Crippen molar-refractivity contribution in [3.05, 3.63) is 30.3 Å². The summed E-state index contributed by atoms with van der Waals surface area (Å²) in [6.45, 7) is 6.33. The minimum atomic E-state index is -0.456. The van der Waals surface area contributed by atoms with Crippen LogP contribution in [0.25, 0.3) is 0 Å². The molecule has 0 aliphatic carbocycles. The Morgan fingerprint density at radius 1 is 1.39 bits per heavy atom. The number of carbonyl (C=O) groups excluding carboxylic acids is 1. The van der Waals surface area contributed by atoms with E-state index in [-0.39, 0.29) is 18.4 Å². The highest BCUT2D eigenvalue weighted by Crippen LogP contribution is 2.23. The molecule has 4 heteroatoms. The van der Waals surface area contributed by atoms with Gasteiger partial charge in [0.2, 0.25) is 0 Å². The van der Waals surface area contributed by atoms with Crippen molar-refractivity contribution in [1.29, 1.82) is 0 Å². The van der Waals surface area contributed by atoms with E-state index in [9.17, 15) is 4.79 Å². The van der Waals surface area contributed by atoms with Crippen LogP contribution in [0.1, 0.15) is 20.8 Å². The quantitative estimate of drug-likeness (QED) is 0.758. The van der Waals surface area contributed by atoms with Crippen molar-refractivity contribution < 1.29 is 9.53 Å². The van der Waals surface area contributed by atoms with Gasteiger partial charge in [-0.15, -0.1) is 0 Å².